The van der Waals surface area contributed by atoms with Gasteiger partial charge in [-0.25, -0.2) is 0 Å². The molecule has 4 heteroatoms. The molecule has 1 heterocycles. The number of hydrogen-bond donors (Lipinski definition) is 1. The fourth-order valence-electron chi connectivity index (χ4n) is 0.697. The van der Waals surface area contributed by atoms with Crippen molar-refractivity contribution < 1.29 is 4.79 Å². The third-order valence-corrected chi connectivity index (χ3v) is 3.03. The first-order valence-corrected chi connectivity index (χ1v) is 4.38. The molecule has 0 aliphatic rings. The molecule has 11 heavy (non-hydrogen) atoms. The molecule has 0 saturated carbocycles. The van der Waals surface area contributed by atoms with Crippen LogP contribution in [-0.4, -0.2) is 13.0 Å². The van der Waals surface area contributed by atoms with E-state index in [1.165, 1.54) is 11.3 Å². The van der Waals surface area contributed by atoms with E-state index in [1.54, 1.807) is 7.05 Å². The predicted molar refractivity (Wildman–Crippen MR) is 47.5 cm³/mol. The van der Waals surface area contributed by atoms with E-state index >= 15 is 0 Å². The van der Waals surface area contributed by atoms with Crippen molar-refractivity contribution in [3.63, 3.8) is 0 Å². The first kappa shape index (κ1) is 8.56. The first-order valence-electron chi connectivity index (χ1n) is 3.12. The van der Waals surface area contributed by atoms with Crippen LogP contribution in [0.25, 0.3) is 0 Å². The molecule has 1 aromatic rings. The highest BCUT2D eigenvalue weighted by Crippen LogP contribution is 2.26. The number of carbonyl (C=O) groups excluding carboxylic acids is 1. The number of halogens is 1. The zero-order valence-electron chi connectivity index (χ0n) is 6.27. The van der Waals surface area contributed by atoms with Crippen LogP contribution in [-0.2, 0) is 0 Å². The fourth-order valence-corrected chi connectivity index (χ4v) is 1.92. The Morgan fingerprint density at radius 3 is 2.73 bits per heavy atom. The minimum atomic E-state index is -0.117. The van der Waals surface area contributed by atoms with E-state index in [2.05, 4.69) is 5.32 Å². The Labute approximate surface area is 74.2 Å². The maximum absolute atomic E-state index is 11.1. The second-order valence-corrected chi connectivity index (χ2v) is 3.40. The van der Waals surface area contributed by atoms with Crippen LogP contribution in [0.1, 0.15) is 15.2 Å². The zero-order valence-corrected chi connectivity index (χ0v) is 7.84. The van der Waals surface area contributed by atoms with E-state index < -0.39 is 0 Å². The summed E-state index contributed by atoms with van der Waals surface area (Å²) in [5, 5.41) is 4.95. The van der Waals surface area contributed by atoms with Gasteiger partial charge in [0, 0.05) is 7.05 Å². The van der Waals surface area contributed by atoms with E-state index in [0.717, 1.165) is 5.56 Å². The van der Waals surface area contributed by atoms with Crippen molar-refractivity contribution in [2.24, 2.45) is 0 Å². The molecule has 0 unspecified atom stereocenters. The van der Waals surface area contributed by atoms with Crippen LogP contribution >= 0.6 is 22.9 Å². The first-order chi connectivity index (χ1) is 5.16. The van der Waals surface area contributed by atoms with Crippen molar-refractivity contribution in [1.29, 1.82) is 0 Å². The summed E-state index contributed by atoms with van der Waals surface area (Å²) in [6.07, 6.45) is 0. The zero-order chi connectivity index (χ0) is 8.43. The van der Waals surface area contributed by atoms with Gasteiger partial charge in [0.2, 0.25) is 0 Å². The lowest BCUT2D eigenvalue weighted by Crippen LogP contribution is -2.16. The van der Waals surface area contributed by atoms with E-state index in [1.807, 2.05) is 12.3 Å². The lowest BCUT2D eigenvalue weighted by Gasteiger charge is -1.94. The van der Waals surface area contributed by atoms with E-state index in [-0.39, 0.29) is 5.91 Å². The number of aryl methyl sites for hydroxylation is 1. The summed E-state index contributed by atoms with van der Waals surface area (Å²) in [6.45, 7) is 1.88. The largest absolute Gasteiger partial charge is 0.354 e. The maximum atomic E-state index is 11.1. The van der Waals surface area contributed by atoms with Gasteiger partial charge in [-0.3, -0.25) is 4.79 Å². The van der Waals surface area contributed by atoms with Crippen molar-refractivity contribution in [1.82, 2.24) is 5.32 Å². The van der Waals surface area contributed by atoms with Crippen LogP contribution in [0.3, 0.4) is 0 Å². The number of thiophene rings is 1. The van der Waals surface area contributed by atoms with Crippen molar-refractivity contribution >= 4 is 28.8 Å². The molecule has 1 rings (SSSR count). The summed E-state index contributed by atoms with van der Waals surface area (Å²) >= 11 is 7.20. The molecule has 0 radical (unpaired) electrons. The van der Waals surface area contributed by atoms with E-state index in [9.17, 15) is 4.79 Å². The molecule has 0 bridgehead atoms. The van der Waals surface area contributed by atoms with Gasteiger partial charge in [-0.15, -0.1) is 11.3 Å². The fraction of sp³-hybridized carbons (Fsp3) is 0.286. The molecule has 0 aromatic carbocycles. The number of hydrogen-bond acceptors (Lipinski definition) is 2. The number of rotatable bonds is 1. The third kappa shape index (κ3) is 1.54. The third-order valence-electron chi connectivity index (χ3n) is 1.33. The van der Waals surface area contributed by atoms with Crippen molar-refractivity contribution in [2.45, 2.75) is 6.92 Å². The molecule has 1 aromatic heterocycles. The normalized spacial score (nSPS) is 9.73. The second kappa shape index (κ2) is 3.24. The lowest BCUT2D eigenvalue weighted by atomic mass is 10.3. The van der Waals surface area contributed by atoms with Crippen molar-refractivity contribution in [3.8, 4) is 0 Å². The monoisotopic (exact) mass is 189 g/mol. The van der Waals surface area contributed by atoms with Crippen LogP contribution in [0, 0.1) is 6.92 Å². The molecule has 1 N–H and O–H groups in total. The summed E-state index contributed by atoms with van der Waals surface area (Å²) in [6, 6.07) is 0. The average molecular weight is 190 g/mol. The molecule has 0 fully saturated rings. The summed E-state index contributed by atoms with van der Waals surface area (Å²) in [4.78, 5) is 11.7. The highest BCUT2D eigenvalue weighted by atomic mass is 35.5. The second-order valence-electron chi connectivity index (χ2n) is 2.14. The van der Waals surface area contributed by atoms with Crippen molar-refractivity contribution in [2.75, 3.05) is 7.05 Å². The van der Waals surface area contributed by atoms with Crippen LogP contribution in [0.5, 0.6) is 0 Å². The van der Waals surface area contributed by atoms with Crippen LogP contribution in [0.15, 0.2) is 5.38 Å². The molecular formula is C7H8ClNOS. The average Bonchev–Trinajstić information content (AvgIpc) is 2.32. The Morgan fingerprint density at radius 2 is 2.36 bits per heavy atom. The summed E-state index contributed by atoms with van der Waals surface area (Å²) in [7, 11) is 1.59. The predicted octanol–water partition coefficient (Wildman–Crippen LogP) is 2.07. The topological polar surface area (TPSA) is 29.1 Å². The molecule has 0 saturated heterocycles. The van der Waals surface area contributed by atoms with Gasteiger partial charge in [-0.2, -0.15) is 0 Å². The Hall–Kier alpha value is -0.540. The minimum Gasteiger partial charge on any atom is -0.354 e. The molecular weight excluding hydrogens is 182 g/mol. The van der Waals surface area contributed by atoms with Gasteiger partial charge in [0.1, 0.15) is 4.88 Å². The van der Waals surface area contributed by atoms with Crippen LogP contribution in [0.4, 0.5) is 0 Å². The summed E-state index contributed by atoms with van der Waals surface area (Å²) in [5.74, 6) is -0.117. The quantitative estimate of drug-likeness (QED) is 0.720. The van der Waals surface area contributed by atoms with Gasteiger partial charge in [-0.05, 0) is 17.9 Å². The highest BCUT2D eigenvalue weighted by molar-refractivity contribution is 7.13. The molecule has 0 aliphatic carbocycles. The van der Waals surface area contributed by atoms with E-state index in [4.69, 9.17) is 11.6 Å². The summed E-state index contributed by atoms with van der Waals surface area (Å²) in [5.41, 5.74) is 0.954. The standard InChI is InChI=1S/C7H8ClNOS/c1-4-3-11-6(5(4)8)7(10)9-2/h3H,1-2H3,(H,9,10). The van der Waals surface area contributed by atoms with Gasteiger partial charge < -0.3 is 5.32 Å². The maximum Gasteiger partial charge on any atom is 0.262 e. The Balaban J connectivity index is 3.04. The Kier molecular flexibility index (Phi) is 2.52. The molecule has 0 spiro atoms. The van der Waals surface area contributed by atoms with E-state index in [0.29, 0.717) is 9.90 Å². The smallest absolute Gasteiger partial charge is 0.262 e. The lowest BCUT2D eigenvalue weighted by molar-refractivity contribution is 0.0967. The number of amides is 1. The molecule has 0 aliphatic heterocycles. The molecule has 2 nitrogen and oxygen atoms in total. The summed E-state index contributed by atoms with van der Waals surface area (Å²) < 4.78 is 0. The van der Waals surface area contributed by atoms with Gasteiger partial charge >= 0.3 is 0 Å². The van der Waals surface area contributed by atoms with Crippen LogP contribution in [0.2, 0.25) is 5.02 Å². The van der Waals surface area contributed by atoms with Crippen LogP contribution < -0.4 is 5.32 Å². The molecule has 60 valence electrons. The van der Waals surface area contributed by atoms with Gasteiger partial charge in [0.25, 0.3) is 5.91 Å². The molecule has 0 atom stereocenters. The highest BCUT2D eigenvalue weighted by Gasteiger charge is 2.11. The SMILES string of the molecule is CNC(=O)c1scc(C)c1Cl. The van der Waals surface area contributed by atoms with Gasteiger partial charge in [-0.1, -0.05) is 11.6 Å². The minimum absolute atomic E-state index is 0.117. The van der Waals surface area contributed by atoms with Gasteiger partial charge in [0.15, 0.2) is 0 Å². The molecule has 1 amide bonds. The van der Waals surface area contributed by atoms with Crippen molar-refractivity contribution in [3.05, 3.63) is 20.8 Å². The Bertz CT molecular complexity index is 282. The number of nitrogens with one attached hydrogen (secondary N) is 1. The van der Waals surface area contributed by atoms with Gasteiger partial charge in [0.05, 0.1) is 5.02 Å². The Morgan fingerprint density at radius 1 is 1.73 bits per heavy atom. The number of carbonyl (C=O) groups is 1.